The van der Waals surface area contributed by atoms with Crippen LogP contribution >= 0.6 is 15.9 Å². The van der Waals surface area contributed by atoms with Gasteiger partial charge in [0.15, 0.2) is 11.5 Å². The summed E-state index contributed by atoms with van der Waals surface area (Å²) in [5, 5.41) is 0. The van der Waals surface area contributed by atoms with Crippen LogP contribution in [0.3, 0.4) is 0 Å². The third-order valence-electron chi connectivity index (χ3n) is 3.31. The molecule has 0 radical (unpaired) electrons. The van der Waals surface area contributed by atoms with Crippen LogP contribution < -0.4 is 14.2 Å². The number of carbonyl (C=O) groups excluding carboxylic acids is 1. The van der Waals surface area contributed by atoms with Crippen molar-refractivity contribution in [2.75, 3.05) is 6.79 Å². The number of aryl methyl sites for hydroxylation is 1. The number of carbonyl (C=O) groups is 1. The minimum Gasteiger partial charge on any atom is -0.454 e. The van der Waals surface area contributed by atoms with Crippen LogP contribution in [0.5, 0.6) is 11.5 Å². The molecule has 0 fully saturated rings. The molecule has 2 aromatic rings. The average Bonchev–Trinajstić information content (AvgIpc) is 2.93. The molecule has 23 heavy (non-hydrogen) atoms. The zero-order valence-electron chi connectivity index (χ0n) is 12.0. The summed E-state index contributed by atoms with van der Waals surface area (Å²) in [5.41, 5.74) is 0.954. The average molecular weight is 398 g/mol. The van der Waals surface area contributed by atoms with Crippen molar-refractivity contribution in [1.29, 1.82) is 0 Å². The molecule has 0 saturated heterocycles. The van der Waals surface area contributed by atoms with E-state index in [1.54, 1.807) is 25.1 Å². The number of benzene rings is 2. The molecule has 1 amide bonds. The molecule has 1 heterocycles. The molecule has 0 bridgehead atoms. The van der Waals surface area contributed by atoms with E-state index in [1.807, 2.05) is 0 Å². The first-order valence-corrected chi connectivity index (χ1v) is 8.87. The van der Waals surface area contributed by atoms with Crippen LogP contribution in [-0.4, -0.2) is 21.1 Å². The highest BCUT2D eigenvalue weighted by molar-refractivity contribution is 9.10. The van der Waals surface area contributed by atoms with Crippen molar-refractivity contribution in [2.45, 2.75) is 11.8 Å². The van der Waals surface area contributed by atoms with Crippen molar-refractivity contribution < 1.29 is 22.7 Å². The van der Waals surface area contributed by atoms with Gasteiger partial charge in [0.05, 0.1) is 4.90 Å². The Labute approximate surface area is 141 Å². The van der Waals surface area contributed by atoms with Crippen molar-refractivity contribution in [2.24, 2.45) is 0 Å². The van der Waals surface area contributed by atoms with Crippen LogP contribution in [0.4, 0.5) is 0 Å². The maximum Gasteiger partial charge on any atom is 0.265 e. The summed E-state index contributed by atoms with van der Waals surface area (Å²) < 4.78 is 37.9. The SMILES string of the molecule is Cc1cc(Br)ccc1C(=O)NS(=O)(=O)c1ccc2c(c1)OCO2. The number of hydrogen-bond acceptors (Lipinski definition) is 5. The molecule has 2 aromatic carbocycles. The van der Waals surface area contributed by atoms with Crippen LogP contribution in [0.1, 0.15) is 15.9 Å². The van der Waals surface area contributed by atoms with E-state index < -0.39 is 15.9 Å². The Morgan fingerprint density at radius 2 is 1.87 bits per heavy atom. The predicted molar refractivity (Wildman–Crippen MR) is 86.1 cm³/mol. The van der Waals surface area contributed by atoms with Crippen LogP contribution in [0.25, 0.3) is 0 Å². The standard InChI is InChI=1S/C15H12BrNO5S/c1-9-6-10(16)2-4-12(9)15(18)17-23(19,20)11-3-5-13-14(7-11)22-8-21-13/h2-7H,8H2,1H3,(H,17,18). The molecule has 0 atom stereocenters. The first-order chi connectivity index (χ1) is 10.9. The highest BCUT2D eigenvalue weighted by Crippen LogP contribution is 2.33. The number of halogens is 1. The number of ether oxygens (including phenoxy) is 2. The van der Waals surface area contributed by atoms with E-state index in [-0.39, 0.29) is 17.3 Å². The van der Waals surface area contributed by atoms with Crippen LogP contribution in [0, 0.1) is 6.92 Å². The number of fused-ring (bicyclic) bond motifs is 1. The lowest BCUT2D eigenvalue weighted by Crippen LogP contribution is -2.31. The summed E-state index contributed by atoms with van der Waals surface area (Å²) in [7, 11) is -4.00. The predicted octanol–water partition coefficient (Wildman–Crippen LogP) is 2.60. The van der Waals surface area contributed by atoms with Gasteiger partial charge in [-0.15, -0.1) is 0 Å². The van der Waals surface area contributed by atoms with Crippen LogP contribution in [0.2, 0.25) is 0 Å². The summed E-state index contributed by atoms with van der Waals surface area (Å²) in [6.07, 6.45) is 0. The second kappa shape index (κ2) is 5.86. The van der Waals surface area contributed by atoms with Gasteiger partial charge in [-0.3, -0.25) is 4.79 Å². The number of sulfonamides is 1. The van der Waals surface area contributed by atoms with Crippen molar-refractivity contribution >= 4 is 31.9 Å². The van der Waals surface area contributed by atoms with Crippen LogP contribution in [0.15, 0.2) is 45.8 Å². The number of hydrogen-bond donors (Lipinski definition) is 1. The van der Waals surface area contributed by atoms with Crippen molar-refractivity contribution in [3.05, 3.63) is 52.0 Å². The van der Waals surface area contributed by atoms with E-state index in [0.29, 0.717) is 17.1 Å². The molecule has 6 nitrogen and oxygen atoms in total. The Hall–Kier alpha value is -2.06. The Bertz CT molecular complexity index is 895. The fraction of sp³-hybridized carbons (Fsp3) is 0.133. The van der Waals surface area contributed by atoms with Crippen LogP contribution in [-0.2, 0) is 10.0 Å². The highest BCUT2D eigenvalue weighted by atomic mass is 79.9. The maximum absolute atomic E-state index is 12.4. The Balaban J connectivity index is 1.87. The molecule has 1 N–H and O–H groups in total. The Kier molecular flexibility index (Phi) is 4.03. The molecular weight excluding hydrogens is 386 g/mol. The molecule has 0 aliphatic carbocycles. The molecule has 1 aliphatic rings. The molecule has 0 saturated carbocycles. The lowest BCUT2D eigenvalue weighted by molar-refractivity contribution is 0.0980. The van der Waals surface area contributed by atoms with E-state index in [2.05, 4.69) is 20.7 Å². The monoisotopic (exact) mass is 397 g/mol. The summed E-state index contributed by atoms with van der Waals surface area (Å²) in [5.74, 6) is 0.117. The largest absolute Gasteiger partial charge is 0.454 e. The molecule has 8 heteroatoms. The highest BCUT2D eigenvalue weighted by Gasteiger charge is 2.23. The van der Waals surface area contributed by atoms with Gasteiger partial charge in [0, 0.05) is 16.1 Å². The molecule has 0 spiro atoms. The number of amides is 1. The van der Waals surface area contributed by atoms with E-state index in [9.17, 15) is 13.2 Å². The number of rotatable bonds is 3. The van der Waals surface area contributed by atoms with Gasteiger partial charge in [-0.25, -0.2) is 13.1 Å². The molecule has 0 unspecified atom stereocenters. The number of nitrogens with one attached hydrogen (secondary N) is 1. The van der Waals surface area contributed by atoms with Crippen molar-refractivity contribution in [1.82, 2.24) is 4.72 Å². The van der Waals surface area contributed by atoms with E-state index >= 15 is 0 Å². The summed E-state index contributed by atoms with van der Waals surface area (Å²) in [6, 6.07) is 9.15. The van der Waals surface area contributed by atoms with Gasteiger partial charge in [0.25, 0.3) is 15.9 Å². The van der Waals surface area contributed by atoms with Crippen molar-refractivity contribution in [3.8, 4) is 11.5 Å². The zero-order chi connectivity index (χ0) is 16.6. The molecule has 120 valence electrons. The van der Waals surface area contributed by atoms with E-state index in [4.69, 9.17) is 9.47 Å². The summed E-state index contributed by atoms with van der Waals surface area (Å²) in [4.78, 5) is 12.2. The Morgan fingerprint density at radius 1 is 1.13 bits per heavy atom. The van der Waals surface area contributed by atoms with E-state index in [1.165, 1.54) is 18.2 Å². The summed E-state index contributed by atoms with van der Waals surface area (Å²) in [6.45, 7) is 1.77. The topological polar surface area (TPSA) is 81.7 Å². The fourth-order valence-corrected chi connectivity index (χ4v) is 3.62. The van der Waals surface area contributed by atoms with Crippen molar-refractivity contribution in [3.63, 3.8) is 0 Å². The van der Waals surface area contributed by atoms with Gasteiger partial charge in [0.2, 0.25) is 6.79 Å². The first kappa shape index (κ1) is 15.8. The summed E-state index contributed by atoms with van der Waals surface area (Å²) >= 11 is 3.30. The lowest BCUT2D eigenvalue weighted by Gasteiger charge is -2.09. The molecule has 3 rings (SSSR count). The molecular formula is C15H12BrNO5S. The third kappa shape index (κ3) is 3.18. The quantitative estimate of drug-likeness (QED) is 0.860. The molecule has 1 aliphatic heterocycles. The smallest absolute Gasteiger partial charge is 0.265 e. The van der Waals surface area contributed by atoms with Gasteiger partial charge in [-0.05, 0) is 42.8 Å². The minimum absolute atomic E-state index is 0.0449. The van der Waals surface area contributed by atoms with E-state index in [0.717, 1.165) is 4.47 Å². The lowest BCUT2D eigenvalue weighted by atomic mass is 10.1. The fourth-order valence-electron chi connectivity index (χ4n) is 2.16. The normalized spacial score (nSPS) is 13.0. The van der Waals surface area contributed by atoms with Gasteiger partial charge in [-0.1, -0.05) is 15.9 Å². The van der Waals surface area contributed by atoms with Gasteiger partial charge >= 0.3 is 0 Å². The molecule has 0 aromatic heterocycles. The first-order valence-electron chi connectivity index (χ1n) is 6.60. The maximum atomic E-state index is 12.4. The second-order valence-electron chi connectivity index (χ2n) is 4.91. The second-order valence-corrected chi connectivity index (χ2v) is 7.51. The van der Waals surface area contributed by atoms with Gasteiger partial charge in [-0.2, -0.15) is 0 Å². The third-order valence-corrected chi connectivity index (χ3v) is 5.14. The minimum atomic E-state index is -4.00. The van der Waals surface area contributed by atoms with Gasteiger partial charge in [0.1, 0.15) is 0 Å². The van der Waals surface area contributed by atoms with Gasteiger partial charge < -0.3 is 9.47 Å². The Morgan fingerprint density at radius 3 is 2.61 bits per heavy atom. The zero-order valence-corrected chi connectivity index (χ0v) is 14.4.